The summed E-state index contributed by atoms with van der Waals surface area (Å²) in [5, 5.41) is 4.27. The minimum absolute atomic E-state index is 0.166. The lowest BCUT2D eigenvalue weighted by Gasteiger charge is -2.08. The quantitative estimate of drug-likeness (QED) is 0.542. The molecule has 0 unspecified atom stereocenters. The molecule has 0 amide bonds. The first kappa shape index (κ1) is 18.7. The molecule has 0 aliphatic heterocycles. The van der Waals surface area contributed by atoms with Crippen molar-refractivity contribution >= 4 is 11.9 Å². The van der Waals surface area contributed by atoms with Crippen LogP contribution in [0.4, 0.5) is 17.6 Å². The second kappa shape index (κ2) is 7.65. The molecule has 27 heavy (non-hydrogen) atoms. The summed E-state index contributed by atoms with van der Waals surface area (Å²) >= 11 is 0. The Morgan fingerprint density at radius 3 is 2.37 bits per heavy atom. The van der Waals surface area contributed by atoms with E-state index in [2.05, 4.69) is 9.84 Å². The van der Waals surface area contributed by atoms with Crippen molar-refractivity contribution in [3.8, 4) is 5.75 Å². The topological polar surface area (TPSA) is 27.1 Å². The molecule has 0 saturated heterocycles. The summed E-state index contributed by atoms with van der Waals surface area (Å²) in [6.07, 6.45) is -3.54. The zero-order chi connectivity index (χ0) is 19.4. The molecule has 2 aromatic carbocycles. The van der Waals surface area contributed by atoms with Crippen molar-refractivity contribution < 1.29 is 22.3 Å². The van der Waals surface area contributed by atoms with E-state index in [1.54, 1.807) is 10.7 Å². The molecule has 3 rings (SSSR count). The number of nitrogens with zero attached hydrogens (tertiary/aromatic N) is 2. The summed E-state index contributed by atoms with van der Waals surface area (Å²) < 4.78 is 56.5. The van der Waals surface area contributed by atoms with Gasteiger partial charge in [0.2, 0.25) is 0 Å². The van der Waals surface area contributed by atoms with Crippen LogP contribution in [-0.2, 0) is 6.54 Å². The number of benzene rings is 2. The zero-order valence-corrected chi connectivity index (χ0v) is 14.4. The molecule has 1 heterocycles. The van der Waals surface area contributed by atoms with Gasteiger partial charge in [0.15, 0.2) is 5.83 Å². The summed E-state index contributed by atoms with van der Waals surface area (Å²) in [6, 6.07) is 16.2. The average molecular weight is 376 g/mol. The number of aromatic nitrogens is 2. The third kappa shape index (κ3) is 5.20. The maximum absolute atomic E-state index is 14.5. The van der Waals surface area contributed by atoms with Crippen molar-refractivity contribution in [3.63, 3.8) is 0 Å². The SMILES string of the molecule is Cc1cc(C(F)=Cc2ccc(OC(F)(F)F)cc2)nn1Cc1ccccc1. The molecule has 0 radical (unpaired) electrons. The van der Waals surface area contributed by atoms with Gasteiger partial charge in [-0.2, -0.15) is 5.10 Å². The number of alkyl halides is 3. The molecule has 0 N–H and O–H groups in total. The number of hydrogen-bond donors (Lipinski definition) is 0. The summed E-state index contributed by atoms with van der Waals surface area (Å²) in [7, 11) is 0. The van der Waals surface area contributed by atoms with E-state index in [0.29, 0.717) is 12.1 Å². The molecular weight excluding hydrogens is 360 g/mol. The van der Waals surface area contributed by atoms with Gasteiger partial charge in [0.1, 0.15) is 11.4 Å². The van der Waals surface area contributed by atoms with Crippen molar-refractivity contribution in [2.75, 3.05) is 0 Å². The number of ether oxygens (including phenoxy) is 1. The largest absolute Gasteiger partial charge is 0.573 e. The van der Waals surface area contributed by atoms with Crippen LogP contribution in [0.5, 0.6) is 5.75 Å². The van der Waals surface area contributed by atoms with Crippen molar-refractivity contribution in [2.45, 2.75) is 19.8 Å². The Labute approximate surface area is 153 Å². The second-order valence-corrected chi connectivity index (χ2v) is 5.92. The molecule has 3 nitrogen and oxygen atoms in total. The Bertz CT molecular complexity index is 929. The first-order valence-corrected chi connectivity index (χ1v) is 8.12. The van der Waals surface area contributed by atoms with Crippen LogP contribution < -0.4 is 4.74 Å². The Morgan fingerprint density at radius 2 is 1.74 bits per heavy atom. The van der Waals surface area contributed by atoms with Crippen molar-refractivity contribution in [1.29, 1.82) is 0 Å². The van der Waals surface area contributed by atoms with Gasteiger partial charge in [0, 0.05) is 5.69 Å². The van der Waals surface area contributed by atoms with E-state index >= 15 is 0 Å². The Balaban J connectivity index is 1.75. The third-order valence-corrected chi connectivity index (χ3v) is 3.81. The second-order valence-electron chi connectivity index (χ2n) is 5.92. The van der Waals surface area contributed by atoms with Crippen LogP contribution in [0.1, 0.15) is 22.5 Å². The molecule has 0 aliphatic carbocycles. The van der Waals surface area contributed by atoms with Crippen molar-refractivity contribution in [2.24, 2.45) is 0 Å². The molecule has 0 saturated carbocycles. The highest BCUT2D eigenvalue weighted by molar-refractivity contribution is 5.75. The van der Waals surface area contributed by atoms with E-state index in [1.165, 1.54) is 18.2 Å². The summed E-state index contributed by atoms with van der Waals surface area (Å²) in [5.41, 5.74) is 2.41. The van der Waals surface area contributed by atoms with E-state index in [1.807, 2.05) is 37.3 Å². The lowest BCUT2D eigenvalue weighted by Crippen LogP contribution is -2.16. The maximum Gasteiger partial charge on any atom is 0.573 e. The van der Waals surface area contributed by atoms with Gasteiger partial charge >= 0.3 is 6.36 Å². The predicted octanol–water partition coefficient (Wildman–Crippen LogP) is 5.61. The zero-order valence-electron chi connectivity index (χ0n) is 14.4. The number of rotatable bonds is 5. The highest BCUT2D eigenvalue weighted by atomic mass is 19.4. The standard InChI is InChI=1S/C20H16F4N2O/c1-14-11-19(25-26(14)13-16-5-3-2-4-6-16)18(21)12-15-7-9-17(10-8-15)27-20(22,23)24/h2-12H,13H2,1H3. The fourth-order valence-corrected chi connectivity index (χ4v) is 2.53. The molecule has 7 heteroatoms. The number of halogens is 4. The van der Waals surface area contributed by atoms with Crippen LogP contribution in [0, 0.1) is 6.92 Å². The van der Waals surface area contributed by atoms with Crippen LogP contribution in [0.25, 0.3) is 11.9 Å². The van der Waals surface area contributed by atoms with Gasteiger partial charge in [-0.3, -0.25) is 4.68 Å². The fourth-order valence-electron chi connectivity index (χ4n) is 2.53. The summed E-state index contributed by atoms with van der Waals surface area (Å²) in [6.45, 7) is 2.35. The van der Waals surface area contributed by atoms with E-state index in [0.717, 1.165) is 23.4 Å². The van der Waals surface area contributed by atoms with Crippen LogP contribution in [0.3, 0.4) is 0 Å². The molecule has 0 bridgehead atoms. The molecule has 0 atom stereocenters. The van der Waals surface area contributed by atoms with E-state index in [-0.39, 0.29) is 11.4 Å². The van der Waals surface area contributed by atoms with Gasteiger partial charge in [0.25, 0.3) is 0 Å². The maximum atomic E-state index is 14.5. The molecular formula is C20H16F4N2O. The lowest BCUT2D eigenvalue weighted by atomic mass is 10.2. The summed E-state index contributed by atoms with van der Waals surface area (Å²) in [4.78, 5) is 0. The average Bonchev–Trinajstić information content (AvgIpc) is 2.97. The van der Waals surface area contributed by atoms with E-state index < -0.39 is 12.2 Å². The molecule has 0 aliphatic rings. The van der Waals surface area contributed by atoms with Gasteiger partial charge in [-0.25, -0.2) is 4.39 Å². The molecule has 3 aromatic rings. The number of hydrogen-bond acceptors (Lipinski definition) is 2. The minimum Gasteiger partial charge on any atom is -0.406 e. The summed E-state index contributed by atoms with van der Waals surface area (Å²) in [5.74, 6) is -0.933. The highest BCUT2D eigenvalue weighted by Crippen LogP contribution is 2.25. The highest BCUT2D eigenvalue weighted by Gasteiger charge is 2.30. The van der Waals surface area contributed by atoms with Gasteiger partial charge in [-0.15, -0.1) is 13.2 Å². The van der Waals surface area contributed by atoms with Gasteiger partial charge < -0.3 is 4.74 Å². The Morgan fingerprint density at radius 1 is 1.07 bits per heavy atom. The van der Waals surface area contributed by atoms with Crippen LogP contribution in [-0.4, -0.2) is 16.1 Å². The lowest BCUT2D eigenvalue weighted by molar-refractivity contribution is -0.274. The van der Waals surface area contributed by atoms with Gasteiger partial charge in [0.05, 0.1) is 6.54 Å². The number of aryl methyl sites for hydroxylation is 1. The van der Waals surface area contributed by atoms with Crippen molar-refractivity contribution in [3.05, 3.63) is 83.2 Å². The van der Waals surface area contributed by atoms with Gasteiger partial charge in [-0.1, -0.05) is 42.5 Å². The Kier molecular flexibility index (Phi) is 5.30. The monoisotopic (exact) mass is 376 g/mol. The molecule has 1 aromatic heterocycles. The smallest absolute Gasteiger partial charge is 0.406 e. The van der Waals surface area contributed by atoms with E-state index in [4.69, 9.17) is 0 Å². The fraction of sp³-hybridized carbons (Fsp3) is 0.150. The Hall–Kier alpha value is -3.09. The molecule has 0 spiro atoms. The van der Waals surface area contributed by atoms with Crippen LogP contribution >= 0.6 is 0 Å². The van der Waals surface area contributed by atoms with Crippen molar-refractivity contribution in [1.82, 2.24) is 9.78 Å². The normalized spacial score (nSPS) is 12.3. The van der Waals surface area contributed by atoms with Crippen LogP contribution in [0.2, 0.25) is 0 Å². The first-order chi connectivity index (χ1) is 12.8. The first-order valence-electron chi connectivity index (χ1n) is 8.12. The molecule has 140 valence electrons. The minimum atomic E-state index is -4.76. The third-order valence-electron chi connectivity index (χ3n) is 3.81. The van der Waals surface area contributed by atoms with Gasteiger partial charge in [-0.05, 0) is 42.3 Å². The molecule has 0 fully saturated rings. The van der Waals surface area contributed by atoms with Crippen LogP contribution in [0.15, 0.2) is 60.7 Å². The van der Waals surface area contributed by atoms with E-state index in [9.17, 15) is 17.6 Å². The predicted molar refractivity (Wildman–Crippen MR) is 94.6 cm³/mol.